The van der Waals surface area contributed by atoms with Gasteiger partial charge in [0.1, 0.15) is 0 Å². The van der Waals surface area contributed by atoms with Crippen LogP contribution in [0.4, 0.5) is 0 Å². The number of hydrogen-bond acceptors (Lipinski definition) is 0. The van der Waals surface area contributed by atoms with Crippen molar-refractivity contribution >= 4 is 58.5 Å². The molecule has 10 rings (SSSR count). The Bertz CT molecular complexity index is 2280. The summed E-state index contributed by atoms with van der Waals surface area (Å²) >= 11 is -3.38. The fraction of sp³-hybridized carbons (Fsp3) is 0.308. The molecule has 0 bridgehead atoms. The van der Waals surface area contributed by atoms with Crippen molar-refractivity contribution in [1.29, 1.82) is 0 Å². The summed E-state index contributed by atoms with van der Waals surface area (Å²) in [5.41, 5.74) is 15.7. The molecule has 55 heavy (non-hydrogen) atoms. The minimum Gasteiger partial charge on any atom is -0.147 e. The fourth-order valence-electron chi connectivity index (χ4n) is 12.0. The number of halogens is 2. The summed E-state index contributed by atoms with van der Waals surface area (Å²) in [6.07, 6.45) is 13.7. The molecule has 1 saturated carbocycles. The maximum atomic E-state index is 2.75. The van der Waals surface area contributed by atoms with E-state index in [0.29, 0.717) is 19.2 Å². The van der Waals surface area contributed by atoms with Crippen LogP contribution in [0.3, 0.4) is 0 Å². The Morgan fingerprint density at radius 1 is 0.473 bits per heavy atom. The summed E-state index contributed by atoms with van der Waals surface area (Å²) < 4.78 is 3.29. The first kappa shape index (κ1) is 38.6. The molecule has 0 N–H and O–H groups in total. The van der Waals surface area contributed by atoms with E-state index < -0.39 is 20.0 Å². The number of fused-ring (bicyclic) bond motifs is 5. The van der Waals surface area contributed by atoms with Gasteiger partial charge in [0.25, 0.3) is 0 Å². The third-order valence-electron chi connectivity index (χ3n) is 13.7. The molecular weight excluding hydrogens is 874 g/mol. The quantitative estimate of drug-likeness (QED) is 0.133. The molecule has 4 aliphatic rings. The van der Waals surface area contributed by atoms with Crippen LogP contribution in [0.25, 0.3) is 56.0 Å². The standard InChI is InChI=1S/2C23H21.C6H10.2ClH.Hf/c2*1-16(2)13-17-14-19-9-6-12-22(23(19)15-17)21-11-5-8-18-7-3-4-10-20(18)21;1-2-4-6-5-3-1;;;/h2*3-12,14-16H,13H2,1-2H3;1-2H,3-6H2;2*1H;. The van der Waals surface area contributed by atoms with E-state index in [1.807, 2.05) is 0 Å². The first-order valence-electron chi connectivity index (χ1n) is 20.6. The molecule has 0 radical (unpaired) electrons. The Balaban J connectivity index is 0.00000214. The van der Waals surface area contributed by atoms with Gasteiger partial charge in [0, 0.05) is 0 Å². The van der Waals surface area contributed by atoms with Gasteiger partial charge in [-0.05, 0) is 0 Å². The van der Waals surface area contributed by atoms with Crippen LogP contribution in [-0.2, 0) is 20.0 Å². The Kier molecular flexibility index (Phi) is 10.7. The van der Waals surface area contributed by atoms with E-state index in [1.165, 1.54) is 82.3 Å². The average Bonchev–Trinajstić information content (AvgIpc) is 3.44. The monoisotopic (exact) mass is 928 g/mol. The number of hydrogen-bond donors (Lipinski definition) is 0. The van der Waals surface area contributed by atoms with E-state index in [0.717, 1.165) is 7.35 Å². The Hall–Kier alpha value is -3.23. The van der Waals surface area contributed by atoms with Crippen LogP contribution in [0.5, 0.6) is 0 Å². The third kappa shape index (κ3) is 6.18. The first-order valence-corrected chi connectivity index (χ1v) is 28.9. The molecule has 0 nitrogen and oxygen atoms in total. The Labute approximate surface area is 345 Å². The second-order valence-corrected chi connectivity index (χ2v) is 34.3. The maximum Gasteiger partial charge on any atom is -0.147 e. The van der Waals surface area contributed by atoms with Crippen LogP contribution in [0.2, 0.25) is 7.35 Å². The van der Waals surface area contributed by atoms with E-state index in [1.54, 1.807) is 33.4 Å². The van der Waals surface area contributed by atoms with Crippen molar-refractivity contribution in [3.63, 3.8) is 0 Å². The number of benzene rings is 6. The summed E-state index contributed by atoms with van der Waals surface area (Å²) in [4.78, 5) is 0. The normalized spacial score (nSPS) is 23.5. The smallest absolute Gasteiger partial charge is 0.147 e. The molecule has 1 saturated heterocycles. The van der Waals surface area contributed by atoms with Gasteiger partial charge in [-0.25, -0.2) is 0 Å². The minimum absolute atomic E-state index is 0. The maximum absolute atomic E-state index is 3.38. The van der Waals surface area contributed by atoms with Crippen molar-refractivity contribution in [2.24, 2.45) is 11.8 Å². The van der Waals surface area contributed by atoms with Gasteiger partial charge in [0.2, 0.25) is 0 Å². The number of rotatable bonds is 8. The van der Waals surface area contributed by atoms with Crippen molar-refractivity contribution in [1.82, 2.24) is 0 Å². The molecular formula is C52H54Cl2Hf. The van der Waals surface area contributed by atoms with E-state index in [9.17, 15) is 0 Å². The van der Waals surface area contributed by atoms with Crippen molar-refractivity contribution in [3.8, 4) is 22.3 Å². The van der Waals surface area contributed by atoms with Gasteiger partial charge >= 0.3 is 323 Å². The van der Waals surface area contributed by atoms with Gasteiger partial charge in [-0.2, -0.15) is 0 Å². The van der Waals surface area contributed by atoms with Crippen LogP contribution in [-0.4, -0.2) is 0 Å². The molecule has 3 heteroatoms. The van der Waals surface area contributed by atoms with Crippen LogP contribution in [0.15, 0.2) is 132 Å². The summed E-state index contributed by atoms with van der Waals surface area (Å²) in [7, 11) is 0. The van der Waals surface area contributed by atoms with E-state index in [-0.39, 0.29) is 24.8 Å². The van der Waals surface area contributed by atoms with Crippen molar-refractivity contribution in [3.05, 3.63) is 155 Å². The molecule has 6 aromatic rings. The van der Waals surface area contributed by atoms with Crippen molar-refractivity contribution in [2.45, 2.75) is 80.9 Å². The van der Waals surface area contributed by atoms with Gasteiger partial charge in [-0.1, -0.05) is 0 Å². The third-order valence-corrected chi connectivity index (χ3v) is 38.6. The molecule has 1 heterocycles. The predicted molar refractivity (Wildman–Crippen MR) is 240 cm³/mol. The zero-order chi connectivity index (χ0) is 35.8. The molecule has 1 aliphatic heterocycles. The summed E-state index contributed by atoms with van der Waals surface area (Å²) in [6.45, 7) is 9.84. The zero-order valence-electron chi connectivity index (χ0n) is 32.7. The zero-order valence-corrected chi connectivity index (χ0v) is 38.0. The Morgan fingerprint density at radius 3 is 1.29 bits per heavy atom. The first-order chi connectivity index (χ1) is 25.9. The second-order valence-electron chi connectivity index (χ2n) is 17.7. The molecule has 4 unspecified atom stereocenters. The number of allylic oxidation sites excluding steroid dienone is 2. The van der Waals surface area contributed by atoms with Crippen LogP contribution in [0.1, 0.15) is 95.8 Å². The molecule has 0 spiro atoms. The van der Waals surface area contributed by atoms with Gasteiger partial charge in [-0.15, -0.1) is 24.8 Å². The average molecular weight is 928 g/mol. The van der Waals surface area contributed by atoms with Gasteiger partial charge < -0.3 is 0 Å². The van der Waals surface area contributed by atoms with Crippen LogP contribution < -0.4 is 0 Å². The van der Waals surface area contributed by atoms with Crippen LogP contribution >= 0.6 is 24.8 Å². The van der Waals surface area contributed by atoms with Gasteiger partial charge in [0.15, 0.2) is 0 Å². The summed E-state index contributed by atoms with van der Waals surface area (Å²) in [6, 6.07) is 46.8. The second kappa shape index (κ2) is 15.3. The predicted octanol–water partition coefficient (Wildman–Crippen LogP) is 16.2. The van der Waals surface area contributed by atoms with Crippen LogP contribution in [0, 0.1) is 11.8 Å². The molecule has 0 aromatic heterocycles. The molecule has 0 amide bonds. The van der Waals surface area contributed by atoms with E-state index >= 15 is 0 Å². The molecule has 6 aromatic carbocycles. The van der Waals surface area contributed by atoms with Crippen molar-refractivity contribution < 1.29 is 20.0 Å². The molecule has 2 fully saturated rings. The van der Waals surface area contributed by atoms with Gasteiger partial charge in [-0.3, -0.25) is 0 Å². The Morgan fingerprint density at radius 2 is 0.855 bits per heavy atom. The fourth-order valence-corrected chi connectivity index (χ4v) is 47.3. The SMILES string of the molecule is CC(C)CC1=Cc2c(-c3cccc4ccccc34)cccc2[CH]1[Hf]1([CH]2C(CC(C)C)=Cc3c(-c4cccc5ccccc45)cccc32)[CH]2CCCC[CH]21.Cl.Cl. The van der Waals surface area contributed by atoms with E-state index in [2.05, 4.69) is 161 Å². The van der Waals surface area contributed by atoms with E-state index in [4.69, 9.17) is 0 Å². The summed E-state index contributed by atoms with van der Waals surface area (Å²) in [5, 5.41) is 5.42. The minimum atomic E-state index is -3.38. The largest absolute Gasteiger partial charge is 0.147 e. The van der Waals surface area contributed by atoms with Crippen molar-refractivity contribution in [2.75, 3.05) is 0 Å². The molecule has 3 aliphatic carbocycles. The summed E-state index contributed by atoms with van der Waals surface area (Å²) in [5.74, 6) is 1.29. The molecule has 280 valence electrons. The topological polar surface area (TPSA) is 0 Å². The van der Waals surface area contributed by atoms with Gasteiger partial charge in [0.05, 0.1) is 0 Å². The molecule has 4 atom stereocenters.